The van der Waals surface area contributed by atoms with E-state index >= 15 is 0 Å². The fourth-order valence-corrected chi connectivity index (χ4v) is 3.84. The first-order valence-corrected chi connectivity index (χ1v) is 9.65. The van der Waals surface area contributed by atoms with Gasteiger partial charge in [-0.15, -0.1) is 0 Å². The second-order valence-electron chi connectivity index (χ2n) is 5.99. The molecular formula is C15H23N3O4S. The fourth-order valence-electron chi connectivity index (χ4n) is 2.98. The van der Waals surface area contributed by atoms with Gasteiger partial charge in [0.1, 0.15) is 10.6 Å². The highest BCUT2D eigenvalue weighted by Crippen LogP contribution is 2.31. The number of para-hydroxylation sites is 1. The predicted molar refractivity (Wildman–Crippen MR) is 89.6 cm³/mol. The van der Waals surface area contributed by atoms with Crippen LogP contribution in [0.2, 0.25) is 0 Å². The molecule has 1 aromatic carbocycles. The van der Waals surface area contributed by atoms with Crippen LogP contribution in [0.4, 0.5) is 11.4 Å². The molecule has 1 aromatic rings. The molecule has 1 saturated heterocycles. The van der Waals surface area contributed by atoms with Gasteiger partial charge >= 0.3 is 5.69 Å². The van der Waals surface area contributed by atoms with E-state index in [2.05, 4.69) is 17.1 Å². The molecule has 0 radical (unpaired) electrons. The minimum Gasteiger partial charge on any atom is -0.378 e. The zero-order valence-electron chi connectivity index (χ0n) is 13.5. The summed E-state index contributed by atoms with van der Waals surface area (Å²) >= 11 is 0. The molecule has 1 heterocycles. The molecule has 0 bridgehead atoms. The van der Waals surface area contributed by atoms with Crippen LogP contribution in [0.5, 0.6) is 0 Å². The van der Waals surface area contributed by atoms with Crippen molar-refractivity contribution in [2.75, 3.05) is 31.2 Å². The van der Waals surface area contributed by atoms with E-state index in [0.717, 1.165) is 19.3 Å². The van der Waals surface area contributed by atoms with Crippen LogP contribution in [0.15, 0.2) is 23.1 Å². The Hall–Kier alpha value is -1.67. The first kappa shape index (κ1) is 17.7. The van der Waals surface area contributed by atoms with Gasteiger partial charge in [0, 0.05) is 25.4 Å². The lowest BCUT2D eigenvalue weighted by Gasteiger charge is -2.33. The van der Waals surface area contributed by atoms with Crippen molar-refractivity contribution in [2.24, 2.45) is 0 Å². The number of hydrogen-bond donors (Lipinski definition) is 1. The zero-order chi connectivity index (χ0) is 17.0. The number of rotatable bonds is 6. The molecule has 1 aliphatic rings. The van der Waals surface area contributed by atoms with Crippen LogP contribution in [0.1, 0.15) is 26.2 Å². The summed E-state index contributed by atoms with van der Waals surface area (Å²) in [5, 5.41) is 14.3. The second kappa shape index (κ2) is 7.27. The lowest BCUT2D eigenvalue weighted by Crippen LogP contribution is -2.40. The normalized spacial score (nSPS) is 19.5. The number of nitro groups is 1. The van der Waals surface area contributed by atoms with E-state index in [4.69, 9.17) is 0 Å². The molecule has 7 nitrogen and oxygen atoms in total. The number of benzene rings is 1. The number of nitrogens with zero attached hydrogens (tertiary/aromatic N) is 2. The van der Waals surface area contributed by atoms with Crippen LogP contribution in [-0.2, 0) is 9.84 Å². The number of sulfone groups is 1. The molecule has 1 N–H and O–H groups in total. The topological polar surface area (TPSA) is 92.6 Å². The van der Waals surface area contributed by atoms with Crippen LogP contribution in [0.3, 0.4) is 0 Å². The Labute approximate surface area is 136 Å². The van der Waals surface area contributed by atoms with Crippen molar-refractivity contribution in [3.63, 3.8) is 0 Å². The van der Waals surface area contributed by atoms with Crippen molar-refractivity contribution in [3.05, 3.63) is 28.3 Å². The highest BCUT2D eigenvalue weighted by Gasteiger charge is 2.26. The van der Waals surface area contributed by atoms with E-state index in [1.54, 1.807) is 6.07 Å². The van der Waals surface area contributed by atoms with E-state index < -0.39 is 14.8 Å². The van der Waals surface area contributed by atoms with Gasteiger partial charge in [-0.1, -0.05) is 12.5 Å². The molecule has 23 heavy (non-hydrogen) atoms. The van der Waals surface area contributed by atoms with Gasteiger partial charge in [0.2, 0.25) is 0 Å². The molecule has 128 valence electrons. The number of anilines is 1. The maximum atomic E-state index is 11.7. The monoisotopic (exact) mass is 341 g/mol. The van der Waals surface area contributed by atoms with Crippen LogP contribution in [0.25, 0.3) is 0 Å². The molecule has 1 fully saturated rings. The minimum atomic E-state index is -3.65. The Bertz CT molecular complexity index is 675. The summed E-state index contributed by atoms with van der Waals surface area (Å²) in [6, 6.07) is 4.86. The van der Waals surface area contributed by atoms with Crippen LogP contribution >= 0.6 is 0 Å². The Balaban J connectivity index is 2.12. The molecule has 8 heteroatoms. The van der Waals surface area contributed by atoms with Crippen LogP contribution in [-0.4, -0.2) is 50.2 Å². The molecule has 1 aliphatic heterocycles. The summed E-state index contributed by atoms with van der Waals surface area (Å²) in [4.78, 5) is 12.8. The quantitative estimate of drug-likeness (QED) is 0.630. The summed E-state index contributed by atoms with van der Waals surface area (Å²) in [5.74, 6) is 0. The van der Waals surface area contributed by atoms with E-state index in [9.17, 15) is 18.5 Å². The smallest absolute Gasteiger partial charge is 0.310 e. The summed E-state index contributed by atoms with van der Waals surface area (Å²) in [6.07, 6.45) is 4.57. The molecule has 2 rings (SSSR count). The van der Waals surface area contributed by atoms with Crippen molar-refractivity contribution in [2.45, 2.75) is 37.1 Å². The number of likely N-dealkylation sites (tertiary alicyclic amines) is 1. The largest absolute Gasteiger partial charge is 0.378 e. The SMILES string of the molecule is C[C@H]1CCCCN1CCNc1cccc(S(C)(=O)=O)c1[N+](=O)[O-]. The highest BCUT2D eigenvalue weighted by molar-refractivity contribution is 7.90. The summed E-state index contributed by atoms with van der Waals surface area (Å²) in [7, 11) is -3.65. The van der Waals surface area contributed by atoms with Crippen LogP contribution < -0.4 is 5.32 Å². The van der Waals surface area contributed by atoms with Gasteiger partial charge in [-0.25, -0.2) is 8.42 Å². The van der Waals surface area contributed by atoms with Crippen molar-refractivity contribution < 1.29 is 13.3 Å². The fraction of sp³-hybridized carbons (Fsp3) is 0.600. The average Bonchev–Trinajstić information content (AvgIpc) is 2.48. The van der Waals surface area contributed by atoms with Crippen LogP contribution in [0, 0.1) is 10.1 Å². The lowest BCUT2D eigenvalue weighted by molar-refractivity contribution is -0.386. The Morgan fingerprint density at radius 3 is 2.74 bits per heavy atom. The van der Waals surface area contributed by atoms with Crippen molar-refractivity contribution in [1.29, 1.82) is 0 Å². The van der Waals surface area contributed by atoms with E-state index in [-0.39, 0.29) is 16.3 Å². The standard InChI is InChI=1S/C15H23N3O4S/c1-12-6-3-4-10-17(12)11-9-16-13-7-5-8-14(23(2,21)22)15(13)18(19)20/h5,7-8,12,16H,3-4,6,9-11H2,1-2H3/t12-/m0/s1. The molecule has 0 aromatic heterocycles. The van der Waals surface area contributed by atoms with Crippen molar-refractivity contribution >= 4 is 21.2 Å². The van der Waals surface area contributed by atoms with Gasteiger partial charge in [0.15, 0.2) is 9.84 Å². The maximum Gasteiger partial charge on any atom is 0.310 e. The maximum absolute atomic E-state index is 11.7. The number of piperidine rings is 1. The van der Waals surface area contributed by atoms with E-state index in [1.165, 1.54) is 31.4 Å². The third kappa shape index (κ3) is 4.42. The van der Waals surface area contributed by atoms with Gasteiger partial charge < -0.3 is 5.32 Å². The summed E-state index contributed by atoms with van der Waals surface area (Å²) < 4.78 is 23.5. The third-order valence-corrected chi connectivity index (χ3v) is 5.36. The Morgan fingerprint density at radius 2 is 2.13 bits per heavy atom. The predicted octanol–water partition coefficient (Wildman–Crippen LogP) is 2.28. The molecule has 0 saturated carbocycles. The lowest BCUT2D eigenvalue weighted by atomic mass is 10.0. The summed E-state index contributed by atoms with van der Waals surface area (Å²) in [6.45, 7) is 4.54. The first-order valence-electron chi connectivity index (χ1n) is 7.76. The number of nitrogens with one attached hydrogen (secondary N) is 1. The minimum absolute atomic E-state index is 0.251. The second-order valence-corrected chi connectivity index (χ2v) is 7.97. The van der Waals surface area contributed by atoms with Gasteiger partial charge in [-0.2, -0.15) is 0 Å². The molecule has 0 amide bonds. The summed E-state index contributed by atoms with van der Waals surface area (Å²) in [5.41, 5.74) is -0.121. The molecule has 0 aliphatic carbocycles. The van der Waals surface area contributed by atoms with Gasteiger partial charge in [0.25, 0.3) is 0 Å². The Morgan fingerprint density at radius 1 is 1.39 bits per heavy atom. The Kier molecular flexibility index (Phi) is 5.59. The number of nitro benzene ring substituents is 1. The molecule has 0 spiro atoms. The molecular weight excluding hydrogens is 318 g/mol. The van der Waals surface area contributed by atoms with Gasteiger partial charge in [-0.3, -0.25) is 15.0 Å². The molecule has 1 atom stereocenters. The van der Waals surface area contributed by atoms with E-state index in [1.807, 2.05) is 0 Å². The zero-order valence-corrected chi connectivity index (χ0v) is 14.3. The molecule has 0 unspecified atom stereocenters. The first-order chi connectivity index (χ1) is 10.8. The van der Waals surface area contributed by atoms with E-state index in [0.29, 0.717) is 12.6 Å². The van der Waals surface area contributed by atoms with Gasteiger partial charge in [-0.05, 0) is 38.4 Å². The number of hydrogen-bond acceptors (Lipinski definition) is 6. The highest BCUT2D eigenvalue weighted by atomic mass is 32.2. The average molecular weight is 341 g/mol. The van der Waals surface area contributed by atoms with Crippen molar-refractivity contribution in [1.82, 2.24) is 4.90 Å². The van der Waals surface area contributed by atoms with Gasteiger partial charge in [0.05, 0.1) is 4.92 Å². The third-order valence-electron chi connectivity index (χ3n) is 4.24. The van der Waals surface area contributed by atoms with Crippen molar-refractivity contribution in [3.8, 4) is 0 Å².